The van der Waals surface area contributed by atoms with Crippen LogP contribution in [-0.2, 0) is 0 Å². The third-order valence-electron chi connectivity index (χ3n) is 4.08. The van der Waals surface area contributed by atoms with Crippen molar-refractivity contribution >= 4 is 5.84 Å². The highest BCUT2D eigenvalue weighted by Gasteiger charge is 2.30. The lowest BCUT2D eigenvalue weighted by Crippen LogP contribution is -2.41. The van der Waals surface area contributed by atoms with E-state index in [1.165, 1.54) is 6.42 Å². The zero-order valence-electron chi connectivity index (χ0n) is 12.0. The predicted octanol–water partition coefficient (Wildman–Crippen LogP) is 1.32. The Morgan fingerprint density at radius 1 is 1.44 bits per heavy atom. The van der Waals surface area contributed by atoms with E-state index >= 15 is 0 Å². The lowest BCUT2D eigenvalue weighted by Gasteiger charge is -2.29. The molecule has 5 nitrogen and oxygen atoms in total. The Morgan fingerprint density at radius 3 is 2.61 bits per heavy atom. The van der Waals surface area contributed by atoms with E-state index in [9.17, 15) is 0 Å². The first kappa shape index (κ1) is 15.2. The van der Waals surface area contributed by atoms with Crippen LogP contribution in [0.4, 0.5) is 0 Å². The van der Waals surface area contributed by atoms with Crippen LogP contribution in [0.1, 0.15) is 40.0 Å². The van der Waals surface area contributed by atoms with Crippen LogP contribution in [0.3, 0.4) is 0 Å². The molecule has 0 aromatic carbocycles. The van der Waals surface area contributed by atoms with Crippen molar-refractivity contribution in [1.29, 1.82) is 0 Å². The minimum Gasteiger partial charge on any atom is -0.409 e. The highest BCUT2D eigenvalue weighted by molar-refractivity contribution is 5.80. The molecular formula is C13H28N4O. The fourth-order valence-corrected chi connectivity index (χ4v) is 2.95. The summed E-state index contributed by atoms with van der Waals surface area (Å²) in [5.41, 5.74) is 5.63. The van der Waals surface area contributed by atoms with E-state index in [1.54, 1.807) is 0 Å². The molecule has 1 aliphatic heterocycles. The van der Waals surface area contributed by atoms with Gasteiger partial charge in [0.15, 0.2) is 0 Å². The quantitative estimate of drug-likeness (QED) is 0.312. The van der Waals surface area contributed by atoms with Gasteiger partial charge in [0.25, 0.3) is 0 Å². The molecule has 1 fully saturated rings. The van der Waals surface area contributed by atoms with Gasteiger partial charge in [0.05, 0.1) is 0 Å². The first-order valence-corrected chi connectivity index (χ1v) is 7.10. The second-order valence-corrected chi connectivity index (χ2v) is 5.02. The van der Waals surface area contributed by atoms with E-state index in [-0.39, 0.29) is 0 Å². The van der Waals surface area contributed by atoms with Crippen LogP contribution in [0.5, 0.6) is 0 Å². The van der Waals surface area contributed by atoms with Crippen molar-refractivity contribution in [1.82, 2.24) is 9.80 Å². The van der Waals surface area contributed by atoms with Crippen molar-refractivity contribution in [3.63, 3.8) is 0 Å². The number of hydrogen-bond donors (Lipinski definition) is 2. The molecule has 3 N–H and O–H groups in total. The fraction of sp³-hybridized carbons (Fsp3) is 0.923. The molecule has 1 saturated heterocycles. The third-order valence-corrected chi connectivity index (χ3v) is 4.08. The van der Waals surface area contributed by atoms with Gasteiger partial charge < -0.3 is 10.9 Å². The largest absolute Gasteiger partial charge is 0.409 e. The molecule has 0 saturated carbocycles. The van der Waals surface area contributed by atoms with Crippen molar-refractivity contribution in [3.05, 3.63) is 0 Å². The first-order chi connectivity index (χ1) is 8.65. The number of nitrogens with two attached hydrogens (primary N) is 1. The van der Waals surface area contributed by atoms with Crippen LogP contribution >= 0.6 is 0 Å². The van der Waals surface area contributed by atoms with E-state index < -0.39 is 0 Å². The predicted molar refractivity (Wildman–Crippen MR) is 75.0 cm³/mol. The Labute approximate surface area is 111 Å². The molecule has 1 aliphatic rings. The number of hydrogen-bond acceptors (Lipinski definition) is 4. The lowest BCUT2D eigenvalue weighted by atomic mass is 10.1. The second kappa shape index (κ2) is 7.59. The maximum absolute atomic E-state index is 8.67. The molecule has 0 aromatic rings. The van der Waals surface area contributed by atoms with Gasteiger partial charge in [-0.15, -0.1) is 0 Å². The summed E-state index contributed by atoms with van der Waals surface area (Å²) in [5.74, 6) is 0.341. The molecule has 0 amide bonds. The van der Waals surface area contributed by atoms with Gasteiger partial charge in [0.2, 0.25) is 0 Å². The molecule has 106 valence electrons. The van der Waals surface area contributed by atoms with Crippen molar-refractivity contribution in [2.24, 2.45) is 10.9 Å². The highest BCUT2D eigenvalue weighted by Crippen LogP contribution is 2.20. The standard InChI is InChI=1S/C13H28N4O/c1-4-11(9-13(14)15-18)17-8-7-12(10-17)16(5-2)6-3/h11-12,18H,4-10H2,1-3H3,(H2,14,15). The average Bonchev–Trinajstić information content (AvgIpc) is 2.86. The summed E-state index contributed by atoms with van der Waals surface area (Å²) in [7, 11) is 0. The summed E-state index contributed by atoms with van der Waals surface area (Å²) in [6, 6.07) is 1.07. The first-order valence-electron chi connectivity index (χ1n) is 7.10. The van der Waals surface area contributed by atoms with Gasteiger partial charge in [-0.25, -0.2) is 0 Å². The van der Waals surface area contributed by atoms with Gasteiger partial charge in [-0.3, -0.25) is 9.80 Å². The third kappa shape index (κ3) is 3.85. The topological polar surface area (TPSA) is 65.1 Å². The summed E-state index contributed by atoms with van der Waals surface area (Å²) in [5, 5.41) is 11.8. The summed E-state index contributed by atoms with van der Waals surface area (Å²) >= 11 is 0. The van der Waals surface area contributed by atoms with Gasteiger partial charge in [-0.2, -0.15) is 0 Å². The zero-order chi connectivity index (χ0) is 13.5. The summed E-state index contributed by atoms with van der Waals surface area (Å²) < 4.78 is 0. The molecule has 0 radical (unpaired) electrons. The summed E-state index contributed by atoms with van der Waals surface area (Å²) in [6.07, 6.45) is 2.94. The molecule has 18 heavy (non-hydrogen) atoms. The van der Waals surface area contributed by atoms with Crippen molar-refractivity contribution < 1.29 is 5.21 Å². The van der Waals surface area contributed by atoms with Gasteiger partial charge in [-0.05, 0) is 25.9 Å². The Kier molecular flexibility index (Phi) is 6.43. The number of nitrogens with zero attached hydrogens (tertiary/aromatic N) is 3. The lowest BCUT2D eigenvalue weighted by molar-refractivity contribution is 0.186. The minimum atomic E-state index is 0.341. The number of amidine groups is 1. The van der Waals surface area contributed by atoms with E-state index in [4.69, 9.17) is 10.9 Å². The SMILES string of the molecule is CCC(CC(N)=NO)N1CCC(N(CC)CC)C1. The Hall–Kier alpha value is -0.810. The number of likely N-dealkylation sites (N-methyl/N-ethyl adjacent to an activating group) is 1. The van der Waals surface area contributed by atoms with E-state index in [0.717, 1.165) is 32.6 Å². The van der Waals surface area contributed by atoms with Crippen LogP contribution in [0.25, 0.3) is 0 Å². The zero-order valence-corrected chi connectivity index (χ0v) is 12.0. The van der Waals surface area contributed by atoms with E-state index in [2.05, 4.69) is 35.7 Å². The van der Waals surface area contributed by atoms with Crippen LogP contribution in [0, 0.1) is 0 Å². The van der Waals surface area contributed by atoms with Gasteiger partial charge in [0.1, 0.15) is 5.84 Å². The highest BCUT2D eigenvalue weighted by atomic mass is 16.4. The van der Waals surface area contributed by atoms with Crippen LogP contribution < -0.4 is 5.73 Å². The molecule has 0 aliphatic carbocycles. The number of rotatable bonds is 7. The van der Waals surface area contributed by atoms with Gasteiger partial charge in [-0.1, -0.05) is 25.9 Å². The van der Waals surface area contributed by atoms with Gasteiger partial charge in [0, 0.05) is 31.6 Å². The molecule has 1 heterocycles. The maximum Gasteiger partial charge on any atom is 0.140 e. The average molecular weight is 256 g/mol. The monoisotopic (exact) mass is 256 g/mol. The van der Waals surface area contributed by atoms with Crippen LogP contribution in [-0.4, -0.2) is 59.1 Å². The molecular weight excluding hydrogens is 228 g/mol. The van der Waals surface area contributed by atoms with Crippen molar-refractivity contribution in [2.45, 2.75) is 52.1 Å². The minimum absolute atomic E-state index is 0.341. The smallest absolute Gasteiger partial charge is 0.140 e. The molecule has 5 heteroatoms. The fourth-order valence-electron chi connectivity index (χ4n) is 2.95. The van der Waals surface area contributed by atoms with Crippen molar-refractivity contribution in [3.8, 4) is 0 Å². The van der Waals surface area contributed by atoms with Crippen LogP contribution in [0.15, 0.2) is 5.16 Å². The summed E-state index contributed by atoms with van der Waals surface area (Å²) in [6.45, 7) is 11.1. The molecule has 1 rings (SSSR count). The molecule has 0 bridgehead atoms. The summed E-state index contributed by atoms with van der Waals surface area (Å²) in [4.78, 5) is 5.01. The molecule has 2 atom stereocenters. The molecule has 2 unspecified atom stereocenters. The van der Waals surface area contributed by atoms with E-state index in [1.807, 2.05) is 0 Å². The van der Waals surface area contributed by atoms with Crippen molar-refractivity contribution in [2.75, 3.05) is 26.2 Å². The van der Waals surface area contributed by atoms with Crippen LogP contribution in [0.2, 0.25) is 0 Å². The Bertz CT molecular complexity index is 266. The maximum atomic E-state index is 8.67. The van der Waals surface area contributed by atoms with E-state index in [0.29, 0.717) is 24.3 Å². The Morgan fingerprint density at radius 2 is 2.11 bits per heavy atom. The molecule has 0 aromatic heterocycles. The Balaban J connectivity index is 2.53. The number of likely N-dealkylation sites (tertiary alicyclic amines) is 1. The number of oxime groups is 1. The normalized spacial score (nSPS) is 23.8. The second-order valence-electron chi connectivity index (χ2n) is 5.02. The molecule has 0 spiro atoms. The van der Waals surface area contributed by atoms with Gasteiger partial charge >= 0.3 is 0 Å².